The monoisotopic (exact) mass is 553 g/mol. The van der Waals surface area contributed by atoms with E-state index in [2.05, 4.69) is 22.4 Å². The Labute approximate surface area is 234 Å². The number of carbonyl (C=O) groups is 2. The van der Waals surface area contributed by atoms with E-state index in [1.807, 2.05) is 60.0 Å². The zero-order valence-corrected chi connectivity index (χ0v) is 22.5. The lowest BCUT2D eigenvalue weighted by atomic mass is 9.80. The lowest BCUT2D eigenvalue weighted by Gasteiger charge is -2.26. The largest absolute Gasteiger partial charge is 0.452 e. The molecule has 0 fully saturated rings. The first-order chi connectivity index (χ1) is 19.0. The standard InChI is InChI=1S/C31H24ClN3O3S/c32-22-13-10-20(11-14-22)27-18-39-31(34-27)35-28(36)17-38-30(37)29-23-8-4-5-9-25(23)33-26-15-12-21(16-24(26)29)19-6-2-1-3-7-19/h1-11,13-14,18,21H,12,15-17H2,(H,34,35,36). The summed E-state index contributed by atoms with van der Waals surface area (Å²) < 4.78 is 5.57. The SMILES string of the molecule is O=C(COC(=O)c1c2c(nc3ccccc13)CCC(c1ccccc1)C2)Nc1nc(-c2ccc(Cl)cc2)cs1. The maximum atomic E-state index is 13.5. The van der Waals surface area contributed by atoms with Gasteiger partial charge in [-0.1, -0.05) is 72.3 Å². The van der Waals surface area contributed by atoms with Gasteiger partial charge < -0.3 is 4.74 Å². The molecular formula is C31H24ClN3O3S. The highest BCUT2D eigenvalue weighted by molar-refractivity contribution is 7.14. The van der Waals surface area contributed by atoms with E-state index in [1.165, 1.54) is 16.9 Å². The number of amides is 1. The van der Waals surface area contributed by atoms with Gasteiger partial charge in [0.15, 0.2) is 11.7 Å². The highest BCUT2D eigenvalue weighted by Crippen LogP contribution is 2.36. The zero-order chi connectivity index (χ0) is 26.8. The van der Waals surface area contributed by atoms with Crippen LogP contribution in [-0.4, -0.2) is 28.5 Å². The number of aryl methyl sites for hydroxylation is 1. The van der Waals surface area contributed by atoms with E-state index in [1.54, 1.807) is 12.1 Å². The normalized spacial score (nSPS) is 14.5. The second-order valence-corrected chi connectivity index (χ2v) is 10.7. The second kappa shape index (κ2) is 11.0. The van der Waals surface area contributed by atoms with Crippen LogP contribution in [0.3, 0.4) is 0 Å². The molecule has 1 aliphatic rings. The molecule has 0 saturated carbocycles. The Morgan fingerprint density at radius 3 is 2.56 bits per heavy atom. The van der Waals surface area contributed by atoms with Crippen molar-refractivity contribution in [1.29, 1.82) is 0 Å². The number of hydrogen-bond acceptors (Lipinski definition) is 6. The Morgan fingerprint density at radius 2 is 1.74 bits per heavy atom. The number of pyridine rings is 1. The minimum atomic E-state index is -0.519. The van der Waals surface area contributed by atoms with Crippen LogP contribution >= 0.6 is 22.9 Å². The van der Waals surface area contributed by atoms with Crippen LogP contribution in [-0.2, 0) is 22.4 Å². The number of nitrogens with one attached hydrogen (secondary N) is 1. The van der Waals surface area contributed by atoms with E-state index in [4.69, 9.17) is 21.3 Å². The van der Waals surface area contributed by atoms with Gasteiger partial charge in [0, 0.05) is 27.0 Å². The quantitative estimate of drug-likeness (QED) is 0.227. The summed E-state index contributed by atoms with van der Waals surface area (Å²) in [7, 11) is 0. The molecule has 1 amide bonds. The lowest BCUT2D eigenvalue weighted by Crippen LogP contribution is -2.23. The van der Waals surface area contributed by atoms with E-state index in [0.717, 1.165) is 46.3 Å². The van der Waals surface area contributed by atoms with Crippen LogP contribution in [0.2, 0.25) is 5.02 Å². The third kappa shape index (κ3) is 5.41. The van der Waals surface area contributed by atoms with Gasteiger partial charge in [-0.3, -0.25) is 15.1 Å². The Kier molecular flexibility index (Phi) is 7.09. The van der Waals surface area contributed by atoms with Gasteiger partial charge in [0.2, 0.25) is 0 Å². The number of hydrogen-bond donors (Lipinski definition) is 1. The number of thiazole rings is 1. The number of nitrogens with zero attached hydrogens (tertiary/aromatic N) is 2. The molecule has 39 heavy (non-hydrogen) atoms. The molecule has 0 saturated heterocycles. The maximum absolute atomic E-state index is 13.5. The molecule has 1 N–H and O–H groups in total. The maximum Gasteiger partial charge on any atom is 0.339 e. The molecule has 3 aromatic carbocycles. The van der Waals surface area contributed by atoms with Crippen molar-refractivity contribution in [3.8, 4) is 11.3 Å². The summed E-state index contributed by atoms with van der Waals surface area (Å²) in [6.45, 7) is -0.414. The van der Waals surface area contributed by atoms with Crippen LogP contribution in [0.5, 0.6) is 0 Å². The van der Waals surface area contributed by atoms with Crippen LogP contribution in [0, 0.1) is 0 Å². The molecule has 0 radical (unpaired) electrons. The molecule has 1 aliphatic carbocycles. The van der Waals surface area contributed by atoms with E-state index in [9.17, 15) is 9.59 Å². The number of benzene rings is 3. The molecule has 6 rings (SSSR count). The van der Waals surface area contributed by atoms with Crippen molar-refractivity contribution in [2.24, 2.45) is 0 Å². The van der Waals surface area contributed by atoms with Gasteiger partial charge in [-0.15, -0.1) is 11.3 Å². The van der Waals surface area contributed by atoms with Gasteiger partial charge in [-0.25, -0.2) is 9.78 Å². The summed E-state index contributed by atoms with van der Waals surface area (Å²) in [6.07, 6.45) is 2.44. The number of anilines is 1. The Balaban J connectivity index is 1.20. The Morgan fingerprint density at radius 1 is 0.974 bits per heavy atom. The van der Waals surface area contributed by atoms with Crippen molar-refractivity contribution in [2.75, 3.05) is 11.9 Å². The smallest absolute Gasteiger partial charge is 0.339 e. The Bertz CT molecular complexity index is 1670. The summed E-state index contributed by atoms with van der Waals surface area (Å²) in [4.78, 5) is 35.5. The molecule has 2 heterocycles. The zero-order valence-electron chi connectivity index (χ0n) is 20.9. The Hall–Kier alpha value is -4.07. The minimum absolute atomic E-state index is 0.288. The number of aromatic nitrogens is 2. The van der Waals surface area contributed by atoms with Gasteiger partial charge in [0.05, 0.1) is 16.8 Å². The molecule has 0 aliphatic heterocycles. The van der Waals surface area contributed by atoms with Crippen molar-refractivity contribution in [2.45, 2.75) is 25.2 Å². The first kappa shape index (κ1) is 25.2. The molecular weight excluding hydrogens is 530 g/mol. The van der Waals surface area contributed by atoms with Gasteiger partial charge in [0.25, 0.3) is 5.91 Å². The summed E-state index contributed by atoms with van der Waals surface area (Å²) in [5, 5.41) is 6.39. The van der Waals surface area contributed by atoms with Crippen LogP contribution in [0.15, 0.2) is 84.2 Å². The number of ether oxygens (including phenoxy) is 1. The molecule has 0 spiro atoms. The number of esters is 1. The third-order valence-corrected chi connectivity index (χ3v) is 7.97. The van der Waals surface area contributed by atoms with Crippen molar-refractivity contribution in [1.82, 2.24) is 9.97 Å². The van der Waals surface area contributed by atoms with Gasteiger partial charge >= 0.3 is 5.97 Å². The fourth-order valence-corrected chi connectivity index (χ4v) is 5.94. The van der Waals surface area contributed by atoms with Crippen LogP contribution in [0.25, 0.3) is 22.2 Å². The third-order valence-electron chi connectivity index (χ3n) is 6.96. The number of para-hydroxylation sites is 1. The van der Waals surface area contributed by atoms with Crippen molar-refractivity contribution in [3.05, 3.63) is 112 Å². The van der Waals surface area contributed by atoms with E-state index >= 15 is 0 Å². The molecule has 0 bridgehead atoms. The lowest BCUT2D eigenvalue weighted by molar-refractivity contribution is -0.119. The van der Waals surface area contributed by atoms with Gasteiger partial charge in [-0.2, -0.15) is 0 Å². The van der Waals surface area contributed by atoms with E-state index < -0.39 is 18.5 Å². The van der Waals surface area contributed by atoms with Crippen molar-refractivity contribution in [3.63, 3.8) is 0 Å². The fourth-order valence-electron chi connectivity index (χ4n) is 5.07. The highest BCUT2D eigenvalue weighted by atomic mass is 35.5. The molecule has 5 aromatic rings. The first-order valence-corrected chi connectivity index (χ1v) is 13.9. The molecule has 6 nitrogen and oxygen atoms in total. The molecule has 2 aromatic heterocycles. The topological polar surface area (TPSA) is 81.2 Å². The summed E-state index contributed by atoms with van der Waals surface area (Å²) in [5.41, 5.74) is 5.96. The average Bonchev–Trinajstić information content (AvgIpc) is 3.43. The average molecular weight is 554 g/mol. The molecule has 8 heteroatoms. The van der Waals surface area contributed by atoms with E-state index in [-0.39, 0.29) is 5.92 Å². The van der Waals surface area contributed by atoms with Gasteiger partial charge in [0.1, 0.15) is 0 Å². The summed E-state index contributed by atoms with van der Waals surface area (Å²) in [6, 6.07) is 25.2. The van der Waals surface area contributed by atoms with Crippen LogP contribution in [0.1, 0.15) is 39.5 Å². The number of carbonyl (C=O) groups excluding carboxylic acids is 2. The number of fused-ring (bicyclic) bond motifs is 2. The van der Waals surface area contributed by atoms with E-state index in [0.29, 0.717) is 22.1 Å². The van der Waals surface area contributed by atoms with Crippen LogP contribution in [0.4, 0.5) is 5.13 Å². The minimum Gasteiger partial charge on any atom is -0.452 e. The second-order valence-electron chi connectivity index (χ2n) is 9.45. The van der Waals surface area contributed by atoms with Crippen LogP contribution < -0.4 is 5.32 Å². The highest BCUT2D eigenvalue weighted by Gasteiger charge is 2.28. The van der Waals surface area contributed by atoms with Gasteiger partial charge in [-0.05, 0) is 54.5 Å². The molecule has 194 valence electrons. The number of halogens is 1. The summed E-state index contributed by atoms with van der Waals surface area (Å²) >= 11 is 7.27. The predicted molar refractivity (Wildman–Crippen MR) is 154 cm³/mol. The molecule has 1 unspecified atom stereocenters. The van der Waals surface area contributed by atoms with Crippen molar-refractivity contribution >= 4 is 50.8 Å². The fraction of sp³-hybridized carbons (Fsp3) is 0.161. The first-order valence-electron chi connectivity index (χ1n) is 12.7. The van der Waals surface area contributed by atoms with Crippen molar-refractivity contribution < 1.29 is 14.3 Å². The molecule has 1 atom stereocenters. The number of rotatable bonds is 6. The summed E-state index contributed by atoms with van der Waals surface area (Å²) in [5.74, 6) is -0.680. The predicted octanol–water partition coefficient (Wildman–Crippen LogP) is 7.08.